The zero-order chi connectivity index (χ0) is 14.6. The van der Waals surface area contributed by atoms with Crippen LogP contribution in [0.15, 0.2) is 48.6 Å². The molecule has 0 saturated carbocycles. The normalized spacial score (nSPS) is 19.6. The zero-order valence-electron chi connectivity index (χ0n) is 13.3. The summed E-state index contributed by atoms with van der Waals surface area (Å²) < 4.78 is 6.15. The van der Waals surface area contributed by atoms with Crippen LogP contribution in [-0.4, -0.2) is 14.9 Å². The third-order valence-electron chi connectivity index (χ3n) is 4.58. The molecule has 110 valence electrons. The highest BCUT2D eigenvalue weighted by molar-refractivity contribution is 6.69. The van der Waals surface area contributed by atoms with E-state index in [4.69, 9.17) is 4.43 Å². The van der Waals surface area contributed by atoms with Gasteiger partial charge in [0.25, 0.3) is 0 Å². The maximum Gasteiger partial charge on any atom is 0.183 e. The van der Waals surface area contributed by atoms with Gasteiger partial charge >= 0.3 is 0 Å². The van der Waals surface area contributed by atoms with E-state index < -0.39 is 8.32 Å². The maximum atomic E-state index is 6.15. The van der Waals surface area contributed by atoms with Crippen molar-refractivity contribution in [1.82, 2.24) is 0 Å². The average molecular weight is 289 g/mol. The standard InChI is InChI=1S/C18H28OSi/c1-5-18(16-10-6-7-11-16,17-12-8-9-13-17)14-15-19-20(2,3)4/h6-13,16-17H,5,14-15H2,1-4H3. The van der Waals surface area contributed by atoms with Gasteiger partial charge in [-0.2, -0.15) is 0 Å². The van der Waals surface area contributed by atoms with Gasteiger partial charge in [0.1, 0.15) is 0 Å². The van der Waals surface area contributed by atoms with Crippen molar-refractivity contribution in [2.24, 2.45) is 17.3 Å². The summed E-state index contributed by atoms with van der Waals surface area (Å²) in [7, 11) is -1.42. The Morgan fingerprint density at radius 3 is 1.70 bits per heavy atom. The molecule has 0 aromatic rings. The Kier molecular flexibility index (Phi) is 4.87. The van der Waals surface area contributed by atoms with Crippen LogP contribution in [-0.2, 0) is 4.43 Å². The van der Waals surface area contributed by atoms with Crippen LogP contribution < -0.4 is 0 Å². The fourth-order valence-corrected chi connectivity index (χ4v) is 4.10. The number of hydrogen-bond donors (Lipinski definition) is 0. The Morgan fingerprint density at radius 2 is 1.35 bits per heavy atom. The zero-order valence-corrected chi connectivity index (χ0v) is 14.3. The Morgan fingerprint density at radius 1 is 0.900 bits per heavy atom. The summed E-state index contributed by atoms with van der Waals surface area (Å²) in [5.41, 5.74) is 0.270. The first kappa shape index (κ1) is 15.5. The molecule has 0 bridgehead atoms. The van der Waals surface area contributed by atoms with Gasteiger partial charge < -0.3 is 4.43 Å². The topological polar surface area (TPSA) is 9.23 Å². The lowest BCUT2D eigenvalue weighted by Gasteiger charge is -2.41. The summed E-state index contributed by atoms with van der Waals surface area (Å²) in [6, 6.07) is 0. The first-order chi connectivity index (χ1) is 9.48. The van der Waals surface area contributed by atoms with E-state index >= 15 is 0 Å². The molecule has 2 aliphatic carbocycles. The second-order valence-electron chi connectivity index (χ2n) is 6.89. The summed E-state index contributed by atoms with van der Waals surface area (Å²) in [6.45, 7) is 10.0. The van der Waals surface area contributed by atoms with Crippen molar-refractivity contribution >= 4 is 8.32 Å². The molecule has 20 heavy (non-hydrogen) atoms. The van der Waals surface area contributed by atoms with Crippen LogP contribution >= 0.6 is 0 Å². The predicted molar refractivity (Wildman–Crippen MR) is 90.2 cm³/mol. The van der Waals surface area contributed by atoms with Gasteiger partial charge in [-0.1, -0.05) is 55.5 Å². The molecule has 2 aliphatic rings. The fourth-order valence-electron chi connectivity index (χ4n) is 3.38. The van der Waals surface area contributed by atoms with E-state index in [0.29, 0.717) is 11.8 Å². The van der Waals surface area contributed by atoms with Crippen LogP contribution in [0.1, 0.15) is 19.8 Å². The molecular formula is C18H28OSi. The van der Waals surface area contributed by atoms with Crippen LogP contribution in [0.5, 0.6) is 0 Å². The molecule has 0 unspecified atom stereocenters. The highest BCUT2D eigenvalue weighted by Gasteiger charge is 2.40. The van der Waals surface area contributed by atoms with E-state index in [-0.39, 0.29) is 5.41 Å². The molecule has 2 heteroatoms. The molecule has 0 fully saturated rings. The Hall–Kier alpha value is -0.863. The molecule has 2 rings (SSSR count). The van der Waals surface area contributed by atoms with Crippen molar-refractivity contribution < 1.29 is 4.43 Å². The SMILES string of the molecule is CCC(CCO[Si](C)(C)C)(C1C=CC=C1)C1C=CC=C1. The third kappa shape index (κ3) is 3.42. The minimum Gasteiger partial charge on any atom is -0.418 e. The van der Waals surface area contributed by atoms with E-state index in [0.717, 1.165) is 13.0 Å². The fraction of sp³-hybridized carbons (Fsp3) is 0.556. The van der Waals surface area contributed by atoms with Gasteiger partial charge in [-0.15, -0.1) is 0 Å². The Bertz CT molecular complexity index is 385. The van der Waals surface area contributed by atoms with Crippen molar-refractivity contribution in [3.05, 3.63) is 48.6 Å². The Balaban J connectivity index is 2.14. The van der Waals surface area contributed by atoms with Gasteiger partial charge in [0.15, 0.2) is 8.32 Å². The molecule has 0 atom stereocenters. The summed E-state index contributed by atoms with van der Waals surface area (Å²) in [5.74, 6) is 1.07. The number of allylic oxidation sites excluding steroid dienone is 8. The number of rotatable bonds is 7. The van der Waals surface area contributed by atoms with Crippen LogP contribution in [0.3, 0.4) is 0 Å². The molecule has 0 amide bonds. The monoisotopic (exact) mass is 288 g/mol. The van der Waals surface area contributed by atoms with Crippen LogP contribution in [0.25, 0.3) is 0 Å². The van der Waals surface area contributed by atoms with Gasteiger partial charge in [-0.05, 0) is 37.9 Å². The van der Waals surface area contributed by atoms with Crippen molar-refractivity contribution in [1.29, 1.82) is 0 Å². The molecule has 0 spiro atoms. The van der Waals surface area contributed by atoms with Crippen molar-refractivity contribution in [2.45, 2.75) is 39.4 Å². The summed E-state index contributed by atoms with van der Waals surface area (Å²) in [6.07, 6.45) is 20.5. The molecule has 1 nitrogen and oxygen atoms in total. The highest BCUT2D eigenvalue weighted by Crippen LogP contribution is 2.48. The molecule has 0 radical (unpaired) electrons. The molecule has 0 aliphatic heterocycles. The van der Waals surface area contributed by atoms with Gasteiger partial charge in [-0.25, -0.2) is 0 Å². The largest absolute Gasteiger partial charge is 0.418 e. The molecule has 0 heterocycles. The van der Waals surface area contributed by atoms with E-state index in [1.807, 2.05) is 0 Å². The lowest BCUT2D eigenvalue weighted by atomic mass is 9.63. The lowest BCUT2D eigenvalue weighted by Crippen LogP contribution is -2.37. The third-order valence-corrected chi connectivity index (χ3v) is 5.65. The summed E-state index contributed by atoms with van der Waals surface area (Å²) in [4.78, 5) is 0. The van der Waals surface area contributed by atoms with E-state index in [1.54, 1.807) is 0 Å². The van der Waals surface area contributed by atoms with E-state index in [2.05, 4.69) is 75.2 Å². The Labute approximate surface area is 125 Å². The molecular weight excluding hydrogens is 260 g/mol. The lowest BCUT2D eigenvalue weighted by molar-refractivity contribution is 0.123. The van der Waals surface area contributed by atoms with Gasteiger partial charge in [0.2, 0.25) is 0 Å². The predicted octanol–water partition coefficient (Wildman–Crippen LogP) is 5.11. The first-order valence-corrected chi connectivity index (χ1v) is 11.2. The molecule has 0 aromatic heterocycles. The first-order valence-electron chi connectivity index (χ1n) is 7.82. The minimum absolute atomic E-state index is 0.270. The van der Waals surface area contributed by atoms with Crippen LogP contribution in [0.2, 0.25) is 19.6 Å². The van der Waals surface area contributed by atoms with Gasteiger partial charge in [0, 0.05) is 18.4 Å². The van der Waals surface area contributed by atoms with Crippen molar-refractivity contribution in [3.63, 3.8) is 0 Å². The smallest absolute Gasteiger partial charge is 0.183 e. The van der Waals surface area contributed by atoms with Crippen LogP contribution in [0.4, 0.5) is 0 Å². The second-order valence-corrected chi connectivity index (χ2v) is 11.4. The maximum absolute atomic E-state index is 6.15. The average Bonchev–Trinajstić information content (AvgIpc) is 3.06. The van der Waals surface area contributed by atoms with Gasteiger partial charge in [-0.3, -0.25) is 0 Å². The molecule has 0 saturated heterocycles. The minimum atomic E-state index is -1.42. The second kappa shape index (κ2) is 6.27. The van der Waals surface area contributed by atoms with Crippen molar-refractivity contribution in [2.75, 3.05) is 6.61 Å². The quantitative estimate of drug-likeness (QED) is 0.592. The summed E-state index contributed by atoms with van der Waals surface area (Å²) in [5, 5.41) is 0. The van der Waals surface area contributed by atoms with Crippen LogP contribution in [0, 0.1) is 17.3 Å². The molecule has 0 aromatic carbocycles. The summed E-state index contributed by atoms with van der Waals surface area (Å²) >= 11 is 0. The van der Waals surface area contributed by atoms with E-state index in [9.17, 15) is 0 Å². The highest BCUT2D eigenvalue weighted by atomic mass is 28.4. The number of hydrogen-bond acceptors (Lipinski definition) is 1. The van der Waals surface area contributed by atoms with Gasteiger partial charge in [0.05, 0.1) is 0 Å². The van der Waals surface area contributed by atoms with Crippen molar-refractivity contribution in [3.8, 4) is 0 Å². The molecule has 0 N–H and O–H groups in total. The van der Waals surface area contributed by atoms with E-state index in [1.165, 1.54) is 6.42 Å².